The summed E-state index contributed by atoms with van der Waals surface area (Å²) in [6.45, 7) is 8.31. The van der Waals surface area contributed by atoms with Gasteiger partial charge in [-0.1, -0.05) is 24.0 Å². The number of thioether (sulfide) groups is 1. The predicted molar refractivity (Wildman–Crippen MR) is 133 cm³/mol. The summed E-state index contributed by atoms with van der Waals surface area (Å²) in [5.74, 6) is 0.512. The van der Waals surface area contributed by atoms with Crippen molar-refractivity contribution >= 4 is 46.1 Å². The Morgan fingerprint density at radius 3 is 2.52 bits per heavy atom. The number of carbonyl (C=O) groups is 1. The number of thiocarbonyl (C=S) groups is 1. The minimum Gasteiger partial charge on any atom is -0.395 e. The fourth-order valence-corrected chi connectivity index (χ4v) is 5.40. The van der Waals surface area contributed by atoms with Crippen LogP contribution in [0.2, 0.25) is 0 Å². The molecule has 0 radical (unpaired) electrons. The van der Waals surface area contributed by atoms with Crippen molar-refractivity contribution in [2.75, 3.05) is 64.5 Å². The predicted octanol–water partition coefficient (Wildman–Crippen LogP) is 1.01. The number of hydrogen-bond donors (Lipinski definition) is 1. The molecule has 178 valence electrons. The summed E-state index contributed by atoms with van der Waals surface area (Å²) in [6, 6.07) is 2.05. The Kier molecular flexibility index (Phi) is 8.67. The monoisotopic (exact) mass is 491 g/mol. The molecule has 1 N–H and O–H groups in total. The lowest BCUT2D eigenvalue weighted by molar-refractivity contribution is -0.122. The largest absolute Gasteiger partial charge is 0.395 e. The number of methoxy groups -OCH3 is 1. The Morgan fingerprint density at radius 2 is 1.94 bits per heavy atom. The highest BCUT2D eigenvalue weighted by atomic mass is 32.2. The maximum atomic E-state index is 13.1. The van der Waals surface area contributed by atoms with Crippen molar-refractivity contribution in [3.8, 4) is 6.07 Å². The Balaban J connectivity index is 2.10. The van der Waals surface area contributed by atoms with E-state index in [2.05, 4.69) is 15.9 Å². The van der Waals surface area contributed by atoms with Crippen LogP contribution in [0.15, 0.2) is 9.70 Å². The molecule has 0 bridgehead atoms. The van der Waals surface area contributed by atoms with Crippen molar-refractivity contribution in [3.63, 3.8) is 0 Å². The number of aliphatic hydroxyl groups excluding tert-OH is 1. The van der Waals surface area contributed by atoms with Crippen LogP contribution in [0.4, 0.5) is 5.82 Å². The van der Waals surface area contributed by atoms with Gasteiger partial charge in [-0.25, -0.2) is 0 Å². The molecule has 1 aromatic heterocycles. The molecule has 3 heterocycles. The van der Waals surface area contributed by atoms with Gasteiger partial charge in [0.05, 0.1) is 24.7 Å². The maximum absolute atomic E-state index is 13.1. The van der Waals surface area contributed by atoms with Crippen molar-refractivity contribution in [1.29, 1.82) is 5.26 Å². The number of pyridine rings is 1. The number of nitriles is 1. The molecule has 1 aromatic rings. The average Bonchev–Trinajstić information content (AvgIpc) is 3.07. The summed E-state index contributed by atoms with van der Waals surface area (Å²) in [5, 5.41) is 18.9. The molecule has 0 atom stereocenters. The second kappa shape index (κ2) is 11.3. The summed E-state index contributed by atoms with van der Waals surface area (Å²) in [7, 11) is 1.57. The molecule has 2 saturated heterocycles. The van der Waals surface area contributed by atoms with Gasteiger partial charge >= 0.3 is 0 Å². The first-order valence-corrected chi connectivity index (χ1v) is 12.1. The Morgan fingerprint density at radius 1 is 1.24 bits per heavy atom. The number of ether oxygens (including phenoxy) is 1. The third-order valence-electron chi connectivity index (χ3n) is 5.92. The molecule has 9 nitrogen and oxygen atoms in total. The first-order chi connectivity index (χ1) is 15.9. The van der Waals surface area contributed by atoms with Gasteiger partial charge < -0.3 is 14.7 Å². The van der Waals surface area contributed by atoms with E-state index in [1.807, 2.05) is 6.92 Å². The van der Waals surface area contributed by atoms with Gasteiger partial charge in [0.15, 0.2) is 0 Å². The fraction of sp³-hybridized carbons (Fsp3) is 0.545. The van der Waals surface area contributed by atoms with Gasteiger partial charge in [0, 0.05) is 51.9 Å². The Bertz CT molecular complexity index is 1050. The number of carbonyl (C=O) groups excluding carboxylic acids is 1. The van der Waals surface area contributed by atoms with E-state index in [0.29, 0.717) is 65.5 Å². The summed E-state index contributed by atoms with van der Waals surface area (Å²) < 4.78 is 7.17. The molecule has 2 aliphatic heterocycles. The van der Waals surface area contributed by atoms with E-state index >= 15 is 0 Å². The van der Waals surface area contributed by atoms with Crippen molar-refractivity contribution < 1.29 is 14.6 Å². The molecule has 11 heteroatoms. The van der Waals surface area contributed by atoms with Crippen LogP contribution < -0.4 is 10.5 Å². The van der Waals surface area contributed by atoms with Crippen molar-refractivity contribution in [3.05, 3.63) is 31.9 Å². The van der Waals surface area contributed by atoms with E-state index < -0.39 is 0 Å². The molecule has 2 aliphatic rings. The number of anilines is 1. The molecular formula is C22H29N5O4S2. The van der Waals surface area contributed by atoms with Crippen LogP contribution in [-0.2, 0) is 16.1 Å². The second-order valence-corrected chi connectivity index (χ2v) is 9.45. The normalized spacial score (nSPS) is 18.5. The molecule has 0 aliphatic carbocycles. The highest BCUT2D eigenvalue weighted by Crippen LogP contribution is 2.36. The fourth-order valence-electron chi connectivity index (χ4n) is 4.11. The first-order valence-electron chi connectivity index (χ1n) is 10.9. The van der Waals surface area contributed by atoms with Crippen molar-refractivity contribution in [2.24, 2.45) is 0 Å². The van der Waals surface area contributed by atoms with Crippen LogP contribution in [-0.4, -0.2) is 89.3 Å². The second-order valence-electron chi connectivity index (χ2n) is 7.78. The molecule has 0 saturated carbocycles. The van der Waals surface area contributed by atoms with E-state index in [1.165, 1.54) is 16.7 Å². The molecule has 3 rings (SSSR count). The summed E-state index contributed by atoms with van der Waals surface area (Å²) >= 11 is 6.62. The molecule has 33 heavy (non-hydrogen) atoms. The zero-order valence-corrected chi connectivity index (χ0v) is 20.8. The van der Waals surface area contributed by atoms with Gasteiger partial charge in [-0.3, -0.25) is 24.0 Å². The van der Waals surface area contributed by atoms with E-state index in [0.717, 1.165) is 13.1 Å². The third kappa shape index (κ3) is 5.15. The minimum atomic E-state index is -0.324. The van der Waals surface area contributed by atoms with Gasteiger partial charge in [0.1, 0.15) is 21.8 Å². The van der Waals surface area contributed by atoms with Gasteiger partial charge in [0.25, 0.3) is 11.5 Å². The summed E-state index contributed by atoms with van der Waals surface area (Å²) in [4.78, 5) is 32.4. The van der Waals surface area contributed by atoms with E-state index in [1.54, 1.807) is 24.7 Å². The lowest BCUT2D eigenvalue weighted by Gasteiger charge is -2.37. The number of nitrogens with zero attached hydrogens (tertiary/aromatic N) is 5. The van der Waals surface area contributed by atoms with Crippen molar-refractivity contribution in [1.82, 2.24) is 14.4 Å². The molecule has 0 spiro atoms. The number of hydrogen-bond acceptors (Lipinski definition) is 9. The van der Waals surface area contributed by atoms with Crippen LogP contribution in [0, 0.1) is 18.3 Å². The van der Waals surface area contributed by atoms with Gasteiger partial charge in [-0.05, 0) is 25.5 Å². The van der Waals surface area contributed by atoms with E-state index in [-0.39, 0.29) is 23.6 Å². The van der Waals surface area contributed by atoms with Crippen LogP contribution in [0.1, 0.15) is 23.6 Å². The van der Waals surface area contributed by atoms with E-state index in [9.17, 15) is 20.0 Å². The number of aromatic nitrogens is 1. The molecular weight excluding hydrogens is 462 g/mol. The first kappa shape index (κ1) is 25.4. The van der Waals surface area contributed by atoms with Crippen LogP contribution in [0.3, 0.4) is 0 Å². The number of piperazine rings is 1. The molecule has 0 unspecified atom stereocenters. The standard InChI is InChI=1S/C22H29N5O4S2/c1-4-26-19(25-7-5-24(6-8-25)9-11-28)16(15(2)17(14-23)20(26)29)13-18-21(30)27(10-12-31-3)22(32)33-18/h13,28H,4-12H2,1-3H3/b18-13-. The number of aliphatic hydroxyl groups is 1. The highest BCUT2D eigenvalue weighted by Gasteiger charge is 2.33. The zero-order chi connectivity index (χ0) is 24.1. The smallest absolute Gasteiger partial charge is 0.270 e. The quantitative estimate of drug-likeness (QED) is 0.422. The molecule has 0 aromatic carbocycles. The number of amides is 1. The minimum absolute atomic E-state index is 0.0839. The zero-order valence-electron chi connectivity index (χ0n) is 19.2. The van der Waals surface area contributed by atoms with Crippen LogP contribution in [0.25, 0.3) is 6.08 Å². The van der Waals surface area contributed by atoms with Gasteiger partial charge in [-0.2, -0.15) is 5.26 Å². The lowest BCUT2D eigenvalue weighted by atomic mass is 10.0. The van der Waals surface area contributed by atoms with Gasteiger partial charge in [-0.15, -0.1) is 0 Å². The maximum Gasteiger partial charge on any atom is 0.270 e. The molecule has 1 amide bonds. The number of β-amino-alcohol motifs (C(OH)–C–C–N with tert-alkyl or cyclic N) is 1. The summed E-state index contributed by atoms with van der Waals surface area (Å²) in [6.07, 6.45) is 1.77. The SMILES string of the molecule is CCn1c(N2CCN(CCO)CC2)c(/C=C2\SC(=S)N(CCOC)C2=O)c(C)c(C#N)c1=O. The van der Waals surface area contributed by atoms with Crippen LogP contribution in [0.5, 0.6) is 0 Å². The topological polar surface area (TPSA) is 102 Å². The van der Waals surface area contributed by atoms with E-state index in [4.69, 9.17) is 17.0 Å². The summed E-state index contributed by atoms with van der Waals surface area (Å²) in [5.41, 5.74) is 1.01. The van der Waals surface area contributed by atoms with Crippen molar-refractivity contribution in [2.45, 2.75) is 20.4 Å². The lowest BCUT2D eigenvalue weighted by Crippen LogP contribution is -2.49. The third-order valence-corrected chi connectivity index (χ3v) is 7.30. The number of rotatable bonds is 8. The van der Waals surface area contributed by atoms with Gasteiger partial charge in [0.2, 0.25) is 0 Å². The molecule has 2 fully saturated rings. The Labute approximate surface area is 203 Å². The van der Waals surface area contributed by atoms with Crippen LogP contribution >= 0.6 is 24.0 Å². The average molecular weight is 492 g/mol. The highest BCUT2D eigenvalue weighted by molar-refractivity contribution is 8.26. The Hall–Kier alpha value is -2.23.